The van der Waals surface area contributed by atoms with E-state index in [2.05, 4.69) is 5.32 Å². The number of amides is 1. The van der Waals surface area contributed by atoms with Gasteiger partial charge in [-0.15, -0.1) is 0 Å². The van der Waals surface area contributed by atoms with Gasteiger partial charge in [-0.3, -0.25) is 14.4 Å². The van der Waals surface area contributed by atoms with E-state index < -0.39 is 17.5 Å². The molecule has 0 bridgehead atoms. The highest BCUT2D eigenvalue weighted by Crippen LogP contribution is 2.21. The van der Waals surface area contributed by atoms with E-state index in [1.807, 2.05) is 6.92 Å². The quantitative estimate of drug-likeness (QED) is 0.611. The first-order valence-corrected chi connectivity index (χ1v) is 4.10. The minimum atomic E-state index is -0.999. The highest BCUT2D eigenvalue weighted by atomic mass is 16.2. The third kappa shape index (κ3) is 1.12. The Morgan fingerprint density at radius 3 is 2.50 bits per heavy atom. The minimum Gasteiger partial charge on any atom is -0.318 e. The lowest BCUT2D eigenvalue weighted by atomic mass is 9.99. The van der Waals surface area contributed by atoms with Gasteiger partial charge in [-0.2, -0.15) is 0 Å². The Labute approximate surface area is 79.9 Å². The Morgan fingerprint density at radius 2 is 1.79 bits per heavy atom. The number of ketones is 2. The van der Waals surface area contributed by atoms with Gasteiger partial charge in [0.2, 0.25) is 5.78 Å². The summed E-state index contributed by atoms with van der Waals surface area (Å²) in [6.07, 6.45) is 0. The number of hydrogen-bond donors (Lipinski definition) is 1. The fourth-order valence-electron chi connectivity index (χ4n) is 1.36. The van der Waals surface area contributed by atoms with Crippen molar-refractivity contribution in [3.63, 3.8) is 0 Å². The van der Waals surface area contributed by atoms with Gasteiger partial charge in [0.1, 0.15) is 0 Å². The SMILES string of the molecule is Cc1ccc2c(c1)NC(=O)C(=O)C2=O. The second-order valence-corrected chi connectivity index (χ2v) is 3.16. The standard InChI is InChI=1S/C10H7NO3/c1-5-2-3-6-7(4-5)11-10(14)9(13)8(6)12/h2-4H,1H3,(H,11,14). The van der Waals surface area contributed by atoms with Crippen molar-refractivity contribution in [2.24, 2.45) is 0 Å². The fraction of sp³-hybridized carbons (Fsp3) is 0.100. The van der Waals surface area contributed by atoms with Crippen LogP contribution in [0.5, 0.6) is 0 Å². The fourth-order valence-corrected chi connectivity index (χ4v) is 1.36. The molecule has 0 fully saturated rings. The molecule has 0 aromatic heterocycles. The number of fused-ring (bicyclic) bond motifs is 1. The van der Waals surface area contributed by atoms with Gasteiger partial charge in [0.25, 0.3) is 11.7 Å². The van der Waals surface area contributed by atoms with Crippen molar-refractivity contribution in [3.8, 4) is 0 Å². The Morgan fingerprint density at radius 1 is 1.07 bits per heavy atom. The van der Waals surface area contributed by atoms with Crippen molar-refractivity contribution >= 4 is 23.2 Å². The van der Waals surface area contributed by atoms with Gasteiger partial charge in [-0.25, -0.2) is 0 Å². The Balaban J connectivity index is 2.62. The predicted molar refractivity (Wildman–Crippen MR) is 49.1 cm³/mol. The number of carbonyl (C=O) groups excluding carboxylic acids is 3. The number of hydrogen-bond acceptors (Lipinski definition) is 3. The molecular formula is C10H7NO3. The van der Waals surface area contributed by atoms with Crippen LogP contribution in [0.4, 0.5) is 5.69 Å². The lowest BCUT2D eigenvalue weighted by molar-refractivity contribution is -0.132. The van der Waals surface area contributed by atoms with Crippen LogP contribution in [0.2, 0.25) is 0 Å². The van der Waals surface area contributed by atoms with E-state index >= 15 is 0 Å². The number of aryl methyl sites for hydroxylation is 1. The van der Waals surface area contributed by atoms with Crippen molar-refractivity contribution in [3.05, 3.63) is 29.3 Å². The summed E-state index contributed by atoms with van der Waals surface area (Å²) in [4.78, 5) is 33.3. The molecule has 1 aliphatic rings. The highest BCUT2D eigenvalue weighted by molar-refractivity contribution is 6.70. The van der Waals surface area contributed by atoms with Crippen LogP contribution in [-0.2, 0) is 9.59 Å². The first-order valence-electron chi connectivity index (χ1n) is 4.10. The number of carbonyl (C=O) groups is 3. The molecule has 1 aliphatic heterocycles. The minimum absolute atomic E-state index is 0.264. The molecule has 1 heterocycles. The van der Waals surface area contributed by atoms with Crippen LogP contribution in [-0.4, -0.2) is 17.5 Å². The van der Waals surface area contributed by atoms with Gasteiger partial charge in [0.05, 0.1) is 5.69 Å². The molecule has 0 saturated heterocycles. The summed E-state index contributed by atoms with van der Waals surface area (Å²) in [5, 5.41) is 2.37. The molecule has 1 amide bonds. The van der Waals surface area contributed by atoms with Crippen LogP contribution in [0.15, 0.2) is 18.2 Å². The largest absolute Gasteiger partial charge is 0.318 e. The molecule has 1 N–H and O–H groups in total. The average molecular weight is 189 g/mol. The molecule has 0 aliphatic carbocycles. The Bertz CT molecular complexity index is 462. The van der Waals surface area contributed by atoms with Gasteiger partial charge < -0.3 is 5.32 Å². The molecule has 1 aromatic rings. The number of rotatable bonds is 0. The summed E-state index contributed by atoms with van der Waals surface area (Å²) in [6, 6.07) is 4.93. The maximum atomic E-state index is 11.3. The van der Waals surface area contributed by atoms with Crippen LogP contribution < -0.4 is 5.32 Å². The third-order valence-electron chi connectivity index (χ3n) is 2.08. The number of Topliss-reactive ketones (excluding diaryl/α,β-unsaturated/α-hetero) is 2. The summed E-state index contributed by atoms with van der Waals surface area (Å²) in [6.45, 7) is 1.84. The first kappa shape index (κ1) is 8.62. The van der Waals surface area contributed by atoms with Gasteiger partial charge in [-0.1, -0.05) is 6.07 Å². The molecule has 0 spiro atoms. The summed E-state index contributed by atoms with van der Waals surface area (Å²) >= 11 is 0. The highest BCUT2D eigenvalue weighted by Gasteiger charge is 2.31. The molecule has 1 aromatic carbocycles. The molecule has 0 unspecified atom stereocenters. The summed E-state index contributed by atoms with van der Waals surface area (Å²) in [7, 11) is 0. The normalized spacial score (nSPS) is 15.1. The molecule has 70 valence electrons. The lowest BCUT2D eigenvalue weighted by Gasteiger charge is -2.14. The number of nitrogens with one attached hydrogen (secondary N) is 1. The van der Waals surface area contributed by atoms with Gasteiger partial charge >= 0.3 is 0 Å². The predicted octanol–water partition coefficient (Wildman–Crippen LogP) is 0.699. The Kier molecular flexibility index (Phi) is 1.70. The van der Waals surface area contributed by atoms with Crippen LogP contribution >= 0.6 is 0 Å². The molecule has 2 rings (SSSR count). The van der Waals surface area contributed by atoms with Crippen molar-refractivity contribution in [1.82, 2.24) is 0 Å². The second-order valence-electron chi connectivity index (χ2n) is 3.16. The molecular weight excluding hydrogens is 182 g/mol. The maximum Gasteiger partial charge on any atom is 0.300 e. The third-order valence-corrected chi connectivity index (χ3v) is 2.08. The van der Waals surface area contributed by atoms with Gasteiger partial charge in [0.15, 0.2) is 0 Å². The lowest BCUT2D eigenvalue weighted by Crippen LogP contribution is -2.35. The van der Waals surface area contributed by atoms with Crippen LogP contribution in [0.3, 0.4) is 0 Å². The van der Waals surface area contributed by atoms with Crippen molar-refractivity contribution < 1.29 is 14.4 Å². The van der Waals surface area contributed by atoms with E-state index in [0.717, 1.165) is 5.56 Å². The van der Waals surface area contributed by atoms with E-state index in [9.17, 15) is 14.4 Å². The van der Waals surface area contributed by atoms with E-state index in [1.165, 1.54) is 0 Å². The maximum absolute atomic E-state index is 11.3. The van der Waals surface area contributed by atoms with E-state index in [1.54, 1.807) is 18.2 Å². The van der Waals surface area contributed by atoms with E-state index in [-0.39, 0.29) is 5.56 Å². The summed E-state index contributed by atoms with van der Waals surface area (Å²) in [5.74, 6) is -2.58. The van der Waals surface area contributed by atoms with Crippen LogP contribution in [0, 0.1) is 6.92 Å². The van der Waals surface area contributed by atoms with Crippen LogP contribution in [0.1, 0.15) is 15.9 Å². The molecule has 4 heteroatoms. The van der Waals surface area contributed by atoms with Gasteiger partial charge in [0, 0.05) is 5.56 Å². The Hall–Kier alpha value is -1.97. The molecule has 0 atom stereocenters. The van der Waals surface area contributed by atoms with E-state index in [4.69, 9.17) is 0 Å². The zero-order valence-corrected chi connectivity index (χ0v) is 7.46. The van der Waals surface area contributed by atoms with Crippen molar-refractivity contribution in [2.75, 3.05) is 5.32 Å². The number of benzene rings is 1. The van der Waals surface area contributed by atoms with Crippen LogP contribution in [0.25, 0.3) is 0 Å². The average Bonchev–Trinajstić information content (AvgIpc) is 2.14. The molecule has 4 nitrogen and oxygen atoms in total. The number of anilines is 1. The smallest absolute Gasteiger partial charge is 0.300 e. The molecule has 0 saturated carbocycles. The van der Waals surface area contributed by atoms with E-state index in [0.29, 0.717) is 5.69 Å². The summed E-state index contributed by atoms with van der Waals surface area (Å²) < 4.78 is 0. The van der Waals surface area contributed by atoms with Crippen molar-refractivity contribution in [1.29, 1.82) is 0 Å². The first-order chi connectivity index (χ1) is 6.59. The molecule has 14 heavy (non-hydrogen) atoms. The second kappa shape index (κ2) is 2.77. The zero-order valence-electron chi connectivity index (χ0n) is 7.46. The summed E-state index contributed by atoms with van der Waals surface area (Å²) in [5.41, 5.74) is 1.60. The van der Waals surface area contributed by atoms with Gasteiger partial charge in [-0.05, 0) is 24.6 Å². The topological polar surface area (TPSA) is 63.2 Å². The monoisotopic (exact) mass is 189 g/mol. The zero-order chi connectivity index (χ0) is 10.3. The van der Waals surface area contributed by atoms with Crippen molar-refractivity contribution in [2.45, 2.75) is 6.92 Å². The molecule has 0 radical (unpaired) electrons.